The Morgan fingerprint density at radius 3 is 2.93 bits per heavy atom. The second-order valence-electron chi connectivity index (χ2n) is 2.80. The highest BCUT2D eigenvalue weighted by Crippen LogP contribution is 2.29. The quantitative estimate of drug-likeness (QED) is 0.923. The van der Waals surface area contributed by atoms with Gasteiger partial charge in [-0.2, -0.15) is 4.98 Å². The van der Waals surface area contributed by atoms with E-state index in [1.54, 1.807) is 18.2 Å². The van der Waals surface area contributed by atoms with Crippen molar-refractivity contribution in [1.82, 2.24) is 10.1 Å². The number of halogens is 2. The number of aromatic nitrogens is 2. The number of rotatable bonds is 2. The molecule has 0 unspecified atom stereocenters. The highest BCUT2D eigenvalue weighted by atomic mass is 79.9. The molecule has 1 heterocycles. The van der Waals surface area contributed by atoms with Gasteiger partial charge in [-0.3, -0.25) is 0 Å². The average molecular weight is 290 g/mol. The van der Waals surface area contributed by atoms with Crippen LogP contribution in [0.3, 0.4) is 0 Å². The summed E-state index contributed by atoms with van der Waals surface area (Å²) in [6.45, 7) is -0.248. The minimum absolute atomic E-state index is 0.247. The lowest BCUT2D eigenvalue weighted by Gasteiger charge is -1.98. The largest absolute Gasteiger partial charge is 0.388 e. The van der Waals surface area contributed by atoms with Crippen LogP contribution in [0.25, 0.3) is 11.5 Å². The molecule has 78 valence electrons. The standard InChI is InChI=1S/C9H6BrClN2O2/c10-7-2-1-5(11)3-6(7)9-12-8(4-14)13-15-9/h1-3,14H,4H2. The normalized spacial score (nSPS) is 10.6. The maximum atomic E-state index is 8.80. The van der Waals surface area contributed by atoms with Crippen LogP contribution in [-0.4, -0.2) is 15.2 Å². The van der Waals surface area contributed by atoms with E-state index in [2.05, 4.69) is 26.1 Å². The van der Waals surface area contributed by atoms with Crippen LogP contribution in [-0.2, 0) is 6.61 Å². The van der Waals surface area contributed by atoms with Gasteiger partial charge in [0, 0.05) is 9.50 Å². The zero-order chi connectivity index (χ0) is 10.8. The van der Waals surface area contributed by atoms with Crippen molar-refractivity contribution in [2.24, 2.45) is 0 Å². The van der Waals surface area contributed by atoms with Crippen molar-refractivity contribution in [1.29, 1.82) is 0 Å². The molecule has 0 fully saturated rings. The van der Waals surface area contributed by atoms with Gasteiger partial charge in [-0.25, -0.2) is 0 Å². The van der Waals surface area contributed by atoms with Crippen LogP contribution in [0.2, 0.25) is 5.02 Å². The first-order chi connectivity index (χ1) is 7.20. The summed E-state index contributed by atoms with van der Waals surface area (Å²) in [6.07, 6.45) is 0. The minimum atomic E-state index is -0.248. The van der Waals surface area contributed by atoms with Gasteiger partial charge in [0.2, 0.25) is 0 Å². The van der Waals surface area contributed by atoms with Crippen molar-refractivity contribution in [3.05, 3.63) is 33.5 Å². The van der Waals surface area contributed by atoms with Gasteiger partial charge in [0.15, 0.2) is 5.82 Å². The first-order valence-corrected chi connectivity index (χ1v) is 5.26. The van der Waals surface area contributed by atoms with Crippen LogP contribution < -0.4 is 0 Å². The highest BCUT2D eigenvalue weighted by Gasteiger charge is 2.11. The van der Waals surface area contributed by atoms with E-state index in [-0.39, 0.29) is 12.4 Å². The number of benzene rings is 1. The van der Waals surface area contributed by atoms with Crippen LogP contribution >= 0.6 is 27.5 Å². The Morgan fingerprint density at radius 2 is 2.27 bits per heavy atom. The third-order valence-electron chi connectivity index (χ3n) is 1.77. The van der Waals surface area contributed by atoms with Gasteiger partial charge in [-0.05, 0) is 34.1 Å². The summed E-state index contributed by atoms with van der Waals surface area (Å²) in [6, 6.07) is 5.25. The highest BCUT2D eigenvalue weighted by molar-refractivity contribution is 9.10. The summed E-state index contributed by atoms with van der Waals surface area (Å²) in [5.41, 5.74) is 0.703. The van der Waals surface area contributed by atoms with E-state index in [1.165, 1.54) is 0 Å². The SMILES string of the molecule is OCc1noc(-c2cc(Cl)ccc2Br)n1. The number of hydrogen-bond acceptors (Lipinski definition) is 4. The first-order valence-electron chi connectivity index (χ1n) is 4.09. The molecule has 4 nitrogen and oxygen atoms in total. The Labute approximate surface area is 99.0 Å². The summed E-state index contributed by atoms with van der Waals surface area (Å²) < 4.78 is 5.77. The van der Waals surface area contributed by atoms with Crippen molar-refractivity contribution in [2.75, 3.05) is 0 Å². The third-order valence-corrected chi connectivity index (χ3v) is 2.69. The van der Waals surface area contributed by atoms with Crippen molar-refractivity contribution in [2.45, 2.75) is 6.61 Å². The molecule has 0 bridgehead atoms. The van der Waals surface area contributed by atoms with E-state index in [1.807, 2.05) is 0 Å². The number of aliphatic hydroxyl groups excluding tert-OH is 1. The van der Waals surface area contributed by atoms with Crippen molar-refractivity contribution in [3.63, 3.8) is 0 Å². The van der Waals surface area contributed by atoms with E-state index >= 15 is 0 Å². The molecule has 0 spiro atoms. The number of hydrogen-bond donors (Lipinski definition) is 1. The number of aliphatic hydroxyl groups is 1. The lowest BCUT2D eigenvalue weighted by Crippen LogP contribution is -1.85. The molecule has 15 heavy (non-hydrogen) atoms. The molecule has 0 saturated heterocycles. The van der Waals surface area contributed by atoms with Crippen molar-refractivity contribution < 1.29 is 9.63 Å². The molecule has 0 aliphatic carbocycles. The predicted octanol–water partition coefficient (Wildman–Crippen LogP) is 2.64. The number of nitrogens with zero attached hydrogens (tertiary/aromatic N) is 2. The van der Waals surface area contributed by atoms with E-state index in [4.69, 9.17) is 21.2 Å². The Balaban J connectivity index is 2.48. The summed E-state index contributed by atoms with van der Waals surface area (Å²) in [5, 5.41) is 13.0. The molecule has 0 aliphatic heterocycles. The van der Waals surface area contributed by atoms with Gasteiger partial charge < -0.3 is 9.63 Å². The zero-order valence-electron chi connectivity index (χ0n) is 7.44. The fraction of sp³-hybridized carbons (Fsp3) is 0.111. The lowest BCUT2D eigenvalue weighted by molar-refractivity contribution is 0.264. The summed E-state index contributed by atoms with van der Waals surface area (Å²) in [5.74, 6) is 0.574. The van der Waals surface area contributed by atoms with Gasteiger partial charge in [0.1, 0.15) is 6.61 Å². The molecule has 0 aliphatic rings. The van der Waals surface area contributed by atoms with Crippen LogP contribution in [0.1, 0.15) is 5.82 Å². The van der Waals surface area contributed by atoms with Gasteiger partial charge in [0.25, 0.3) is 5.89 Å². The Morgan fingerprint density at radius 1 is 1.47 bits per heavy atom. The molecule has 1 N–H and O–H groups in total. The molecule has 0 radical (unpaired) electrons. The van der Waals surface area contributed by atoms with E-state index in [0.717, 1.165) is 4.47 Å². The molecule has 0 amide bonds. The predicted molar refractivity (Wildman–Crippen MR) is 58.4 cm³/mol. The first kappa shape index (κ1) is 10.6. The second kappa shape index (κ2) is 4.30. The topological polar surface area (TPSA) is 59.2 Å². The van der Waals surface area contributed by atoms with Crippen LogP contribution in [0, 0.1) is 0 Å². The molecule has 0 saturated carbocycles. The van der Waals surface area contributed by atoms with Gasteiger partial charge >= 0.3 is 0 Å². The Hall–Kier alpha value is -0.910. The van der Waals surface area contributed by atoms with Crippen LogP contribution in [0.15, 0.2) is 27.2 Å². The fourth-order valence-electron chi connectivity index (χ4n) is 1.09. The lowest BCUT2D eigenvalue weighted by atomic mass is 10.2. The smallest absolute Gasteiger partial charge is 0.259 e. The van der Waals surface area contributed by atoms with Crippen molar-refractivity contribution in [3.8, 4) is 11.5 Å². The van der Waals surface area contributed by atoms with Crippen molar-refractivity contribution >= 4 is 27.5 Å². The third kappa shape index (κ3) is 2.19. The second-order valence-corrected chi connectivity index (χ2v) is 4.09. The summed E-state index contributed by atoms with van der Waals surface area (Å²) in [4.78, 5) is 3.98. The molecule has 2 aromatic rings. The maximum Gasteiger partial charge on any atom is 0.259 e. The summed E-state index contributed by atoms with van der Waals surface area (Å²) in [7, 11) is 0. The van der Waals surface area contributed by atoms with Gasteiger partial charge in [0.05, 0.1) is 5.56 Å². The Bertz CT molecular complexity index is 487. The minimum Gasteiger partial charge on any atom is -0.388 e. The van der Waals surface area contributed by atoms with Gasteiger partial charge in [-0.1, -0.05) is 16.8 Å². The molecule has 0 atom stereocenters. The molecular weight excluding hydrogens is 283 g/mol. The molecule has 1 aromatic carbocycles. The van der Waals surface area contributed by atoms with Crippen LogP contribution in [0.5, 0.6) is 0 Å². The fourth-order valence-corrected chi connectivity index (χ4v) is 1.68. The zero-order valence-corrected chi connectivity index (χ0v) is 9.79. The summed E-state index contributed by atoms with van der Waals surface area (Å²) >= 11 is 9.20. The van der Waals surface area contributed by atoms with Gasteiger partial charge in [-0.15, -0.1) is 0 Å². The molecule has 1 aromatic heterocycles. The molecular formula is C9H6BrClN2O2. The molecule has 2 rings (SSSR count). The molecule has 6 heteroatoms. The monoisotopic (exact) mass is 288 g/mol. The van der Waals surface area contributed by atoms with E-state index < -0.39 is 0 Å². The Kier molecular flexibility index (Phi) is 3.04. The van der Waals surface area contributed by atoms with Crippen LogP contribution in [0.4, 0.5) is 0 Å². The van der Waals surface area contributed by atoms with E-state index in [0.29, 0.717) is 16.5 Å². The average Bonchev–Trinajstić information content (AvgIpc) is 2.70. The maximum absolute atomic E-state index is 8.80. The van der Waals surface area contributed by atoms with E-state index in [9.17, 15) is 0 Å².